The Hall–Kier alpha value is -3.99. The van der Waals surface area contributed by atoms with Crippen molar-refractivity contribution < 1.29 is 0 Å². The summed E-state index contributed by atoms with van der Waals surface area (Å²) in [5.74, 6) is 0. The maximum absolute atomic E-state index is 9.15. The molecule has 0 fully saturated rings. The number of anilines is 1. The van der Waals surface area contributed by atoms with E-state index in [4.69, 9.17) is 15.8 Å². The zero-order valence-electron chi connectivity index (χ0n) is 13.3. The Kier molecular flexibility index (Phi) is 5.00. The van der Waals surface area contributed by atoms with Gasteiger partial charge in [0.1, 0.15) is 28.9 Å². The van der Waals surface area contributed by atoms with Gasteiger partial charge in [-0.05, 0) is 24.3 Å². The highest BCUT2D eigenvalue weighted by Crippen LogP contribution is 2.30. The maximum Gasteiger partial charge on any atom is 0.163 e. The van der Waals surface area contributed by atoms with Crippen LogP contribution < -0.4 is 5.32 Å². The highest BCUT2D eigenvalue weighted by Gasteiger charge is 2.09. The number of hydrogen-bond acceptors (Lipinski definition) is 7. The first kappa shape index (κ1) is 16.9. The predicted molar refractivity (Wildman–Crippen MR) is 98.3 cm³/mol. The topological polar surface area (TPSA) is 109 Å². The Morgan fingerprint density at radius 1 is 0.962 bits per heavy atom. The molecule has 1 aromatic carbocycles. The van der Waals surface area contributed by atoms with Crippen molar-refractivity contribution in [2.75, 3.05) is 5.32 Å². The molecule has 0 spiro atoms. The summed E-state index contributed by atoms with van der Waals surface area (Å²) in [6, 6.07) is 16.3. The standard InChI is InChI=1S/C19H10N6S/c20-9-15(10-21)17(11-22)24-16-3-1-2-14(8-16)19-25-18(12-26-19)13-4-6-23-7-5-13/h1-8,12,24H. The lowest BCUT2D eigenvalue weighted by Gasteiger charge is -2.06. The van der Waals surface area contributed by atoms with Crippen LogP contribution in [0, 0.1) is 34.0 Å². The van der Waals surface area contributed by atoms with Gasteiger partial charge >= 0.3 is 0 Å². The van der Waals surface area contributed by atoms with Crippen LogP contribution in [0.25, 0.3) is 21.8 Å². The van der Waals surface area contributed by atoms with Gasteiger partial charge in [-0.1, -0.05) is 12.1 Å². The van der Waals surface area contributed by atoms with Gasteiger partial charge in [0.25, 0.3) is 0 Å². The molecule has 0 bridgehead atoms. The van der Waals surface area contributed by atoms with Crippen LogP contribution in [0.15, 0.2) is 65.4 Å². The van der Waals surface area contributed by atoms with E-state index in [2.05, 4.69) is 15.3 Å². The summed E-state index contributed by atoms with van der Waals surface area (Å²) in [4.78, 5) is 8.64. The minimum absolute atomic E-state index is 0.0798. The van der Waals surface area contributed by atoms with Crippen LogP contribution in [0.1, 0.15) is 0 Å². The molecule has 3 aromatic rings. The van der Waals surface area contributed by atoms with E-state index in [0.717, 1.165) is 21.8 Å². The zero-order valence-corrected chi connectivity index (χ0v) is 14.2. The number of hydrogen-bond donors (Lipinski definition) is 1. The van der Waals surface area contributed by atoms with Crippen molar-refractivity contribution >= 4 is 17.0 Å². The minimum Gasteiger partial charge on any atom is -0.345 e. The molecule has 0 aliphatic rings. The van der Waals surface area contributed by atoms with Crippen molar-refractivity contribution in [3.8, 4) is 40.0 Å². The summed E-state index contributed by atoms with van der Waals surface area (Å²) in [5, 5.41) is 32.6. The molecule has 0 aliphatic carbocycles. The highest BCUT2D eigenvalue weighted by molar-refractivity contribution is 7.13. The van der Waals surface area contributed by atoms with E-state index in [1.165, 1.54) is 11.3 Å². The molecule has 0 amide bonds. The molecule has 26 heavy (non-hydrogen) atoms. The molecule has 3 rings (SSSR count). The second-order valence-corrected chi connectivity index (χ2v) is 5.92. The second kappa shape index (κ2) is 7.72. The number of nitriles is 3. The first-order valence-electron chi connectivity index (χ1n) is 7.43. The fourth-order valence-corrected chi connectivity index (χ4v) is 3.05. The molecule has 2 heterocycles. The van der Waals surface area contributed by atoms with E-state index < -0.39 is 0 Å². The Bertz CT molecular complexity index is 1080. The van der Waals surface area contributed by atoms with Gasteiger partial charge in [-0.15, -0.1) is 11.3 Å². The number of aromatic nitrogens is 2. The molecule has 6 nitrogen and oxygen atoms in total. The van der Waals surface area contributed by atoms with Crippen LogP contribution in [-0.2, 0) is 0 Å². The fourth-order valence-electron chi connectivity index (χ4n) is 2.22. The minimum atomic E-state index is -0.257. The van der Waals surface area contributed by atoms with Crippen LogP contribution in [-0.4, -0.2) is 9.97 Å². The molecular formula is C19H10N6S. The van der Waals surface area contributed by atoms with Crippen molar-refractivity contribution in [3.05, 3.63) is 65.4 Å². The number of thiazole rings is 1. The Balaban J connectivity index is 1.91. The van der Waals surface area contributed by atoms with E-state index in [1.54, 1.807) is 30.6 Å². The van der Waals surface area contributed by atoms with Crippen LogP contribution in [0.4, 0.5) is 5.69 Å². The largest absolute Gasteiger partial charge is 0.345 e. The molecule has 0 atom stereocenters. The van der Waals surface area contributed by atoms with E-state index in [1.807, 2.05) is 41.8 Å². The van der Waals surface area contributed by atoms with Crippen molar-refractivity contribution in [2.24, 2.45) is 0 Å². The van der Waals surface area contributed by atoms with Gasteiger partial charge in [0.15, 0.2) is 5.57 Å². The van der Waals surface area contributed by atoms with E-state index >= 15 is 0 Å². The highest BCUT2D eigenvalue weighted by atomic mass is 32.1. The predicted octanol–water partition coefficient (Wildman–Crippen LogP) is 4.11. The van der Waals surface area contributed by atoms with Crippen LogP contribution in [0.3, 0.4) is 0 Å². The molecule has 0 saturated carbocycles. The summed E-state index contributed by atoms with van der Waals surface area (Å²) in [6.45, 7) is 0. The monoisotopic (exact) mass is 354 g/mol. The van der Waals surface area contributed by atoms with Gasteiger partial charge in [0, 0.05) is 34.6 Å². The average molecular weight is 354 g/mol. The van der Waals surface area contributed by atoms with Crippen molar-refractivity contribution in [1.82, 2.24) is 9.97 Å². The van der Waals surface area contributed by atoms with E-state index in [0.29, 0.717) is 5.69 Å². The lowest BCUT2D eigenvalue weighted by atomic mass is 10.2. The Morgan fingerprint density at radius 2 is 1.73 bits per heavy atom. The SMILES string of the molecule is N#CC(C#N)=C(C#N)Nc1cccc(-c2nc(-c3ccncc3)cs2)c1. The summed E-state index contributed by atoms with van der Waals surface area (Å²) < 4.78 is 0. The molecular weight excluding hydrogens is 344 g/mol. The lowest BCUT2D eigenvalue weighted by molar-refractivity contribution is 1.31. The average Bonchev–Trinajstić information content (AvgIpc) is 3.19. The Morgan fingerprint density at radius 3 is 2.42 bits per heavy atom. The third kappa shape index (κ3) is 3.57. The number of rotatable bonds is 4. The quantitative estimate of drug-likeness (QED) is 0.706. The van der Waals surface area contributed by atoms with Crippen LogP contribution in [0.5, 0.6) is 0 Å². The first-order valence-corrected chi connectivity index (χ1v) is 8.31. The summed E-state index contributed by atoms with van der Waals surface area (Å²) in [5.41, 5.74) is 2.98. The smallest absolute Gasteiger partial charge is 0.163 e. The van der Waals surface area contributed by atoms with Crippen molar-refractivity contribution in [2.45, 2.75) is 0 Å². The van der Waals surface area contributed by atoms with Crippen molar-refractivity contribution in [3.63, 3.8) is 0 Å². The zero-order chi connectivity index (χ0) is 18.4. The summed E-state index contributed by atoms with van der Waals surface area (Å²) in [6.07, 6.45) is 3.44. The molecule has 0 radical (unpaired) electrons. The molecule has 7 heteroatoms. The third-order valence-corrected chi connectivity index (χ3v) is 4.34. The third-order valence-electron chi connectivity index (χ3n) is 3.44. The molecule has 0 aliphatic heterocycles. The summed E-state index contributed by atoms with van der Waals surface area (Å²) in [7, 11) is 0. The van der Waals surface area contributed by atoms with E-state index in [9.17, 15) is 0 Å². The second-order valence-electron chi connectivity index (χ2n) is 5.07. The van der Waals surface area contributed by atoms with Gasteiger partial charge in [-0.3, -0.25) is 4.98 Å². The number of nitrogens with zero attached hydrogens (tertiary/aromatic N) is 5. The Labute approximate surface area is 153 Å². The first-order chi connectivity index (χ1) is 12.7. The van der Waals surface area contributed by atoms with Crippen LogP contribution >= 0.6 is 11.3 Å². The van der Waals surface area contributed by atoms with Gasteiger partial charge in [-0.2, -0.15) is 15.8 Å². The molecule has 122 valence electrons. The fraction of sp³-hybridized carbons (Fsp3) is 0. The summed E-state index contributed by atoms with van der Waals surface area (Å²) >= 11 is 1.51. The molecule has 0 unspecified atom stereocenters. The van der Waals surface area contributed by atoms with Gasteiger partial charge in [0.05, 0.1) is 5.69 Å². The van der Waals surface area contributed by atoms with Gasteiger partial charge in [0.2, 0.25) is 0 Å². The van der Waals surface area contributed by atoms with Gasteiger partial charge in [-0.25, -0.2) is 4.98 Å². The number of allylic oxidation sites excluding steroid dienone is 2. The molecule has 0 saturated heterocycles. The van der Waals surface area contributed by atoms with Gasteiger partial charge < -0.3 is 5.32 Å². The normalized spacial score (nSPS) is 9.42. The van der Waals surface area contributed by atoms with Crippen molar-refractivity contribution in [1.29, 1.82) is 15.8 Å². The number of benzene rings is 1. The van der Waals surface area contributed by atoms with Crippen LogP contribution in [0.2, 0.25) is 0 Å². The number of nitrogens with one attached hydrogen (secondary N) is 1. The number of pyridine rings is 1. The maximum atomic E-state index is 9.15. The molecule has 2 aromatic heterocycles. The lowest BCUT2D eigenvalue weighted by Crippen LogP contribution is -2.00. The van der Waals surface area contributed by atoms with E-state index in [-0.39, 0.29) is 11.3 Å². The molecule has 1 N–H and O–H groups in total.